The first-order chi connectivity index (χ1) is 14.0. The maximum absolute atomic E-state index is 12.7. The van der Waals surface area contributed by atoms with E-state index >= 15 is 0 Å². The Labute approximate surface area is 171 Å². The largest absolute Gasteiger partial charge is 0.496 e. The molecular weight excluding hydrogens is 368 g/mol. The average molecular weight is 396 g/mol. The smallest absolute Gasteiger partial charge is 0.233 e. The number of ether oxygens (including phenoxy) is 1. The summed E-state index contributed by atoms with van der Waals surface area (Å²) in [5.41, 5.74) is 2.17. The number of fused-ring (bicyclic) bond motifs is 5. The zero-order valence-corrected chi connectivity index (χ0v) is 17.1. The first-order valence-electron chi connectivity index (χ1n) is 10.1. The van der Waals surface area contributed by atoms with Crippen LogP contribution in [0.2, 0.25) is 0 Å². The van der Waals surface area contributed by atoms with Gasteiger partial charge >= 0.3 is 0 Å². The van der Waals surface area contributed by atoms with Crippen LogP contribution in [0.1, 0.15) is 17.5 Å². The van der Waals surface area contributed by atoms with Crippen molar-refractivity contribution in [3.63, 3.8) is 0 Å². The third kappa shape index (κ3) is 3.50. The molecule has 1 heterocycles. The van der Waals surface area contributed by atoms with Crippen LogP contribution in [0.4, 0.5) is 0 Å². The Morgan fingerprint density at radius 1 is 1.17 bits per heavy atom. The summed E-state index contributed by atoms with van der Waals surface area (Å²) in [7, 11) is 3.36. The number of carbonyl (C=O) groups excluding carboxylic acids is 2. The SMILES string of the molecule is CN=C(NCCN1C(=O)C2C3C=CC(C3)C2C1=O)NCc1ccc(C)c(OC)c1. The van der Waals surface area contributed by atoms with Gasteiger partial charge in [0.15, 0.2) is 5.96 Å². The van der Waals surface area contributed by atoms with Crippen molar-refractivity contribution < 1.29 is 14.3 Å². The Balaban J connectivity index is 1.28. The van der Waals surface area contributed by atoms with Gasteiger partial charge < -0.3 is 15.4 Å². The Morgan fingerprint density at radius 2 is 1.86 bits per heavy atom. The maximum atomic E-state index is 12.7. The van der Waals surface area contributed by atoms with E-state index in [2.05, 4.69) is 27.8 Å². The van der Waals surface area contributed by atoms with Gasteiger partial charge in [-0.25, -0.2) is 0 Å². The summed E-state index contributed by atoms with van der Waals surface area (Å²) < 4.78 is 5.36. The number of amides is 2. The molecule has 4 unspecified atom stereocenters. The third-order valence-corrected chi connectivity index (χ3v) is 6.35. The number of hydrogen-bond acceptors (Lipinski definition) is 4. The number of imide groups is 1. The van der Waals surface area contributed by atoms with E-state index in [0.717, 1.165) is 23.3 Å². The molecule has 4 atom stereocenters. The van der Waals surface area contributed by atoms with Crippen molar-refractivity contribution in [1.82, 2.24) is 15.5 Å². The van der Waals surface area contributed by atoms with Crippen molar-refractivity contribution in [2.45, 2.75) is 19.9 Å². The van der Waals surface area contributed by atoms with Gasteiger partial charge in [-0.3, -0.25) is 19.5 Å². The van der Waals surface area contributed by atoms with Crippen molar-refractivity contribution in [2.24, 2.45) is 28.7 Å². The number of likely N-dealkylation sites (tertiary alicyclic amines) is 1. The Bertz CT molecular complexity index is 849. The highest BCUT2D eigenvalue weighted by atomic mass is 16.5. The number of allylic oxidation sites excluding steroid dienone is 2. The molecule has 154 valence electrons. The molecule has 1 saturated carbocycles. The van der Waals surface area contributed by atoms with Crippen LogP contribution in [0, 0.1) is 30.6 Å². The van der Waals surface area contributed by atoms with Gasteiger partial charge in [0.25, 0.3) is 0 Å². The van der Waals surface area contributed by atoms with E-state index in [0.29, 0.717) is 25.6 Å². The van der Waals surface area contributed by atoms with Crippen LogP contribution in [0.25, 0.3) is 0 Å². The van der Waals surface area contributed by atoms with Gasteiger partial charge in [0, 0.05) is 26.7 Å². The molecule has 4 rings (SSSR count). The second-order valence-electron chi connectivity index (χ2n) is 7.98. The predicted molar refractivity (Wildman–Crippen MR) is 110 cm³/mol. The summed E-state index contributed by atoms with van der Waals surface area (Å²) in [4.78, 5) is 31.1. The molecule has 1 aromatic rings. The number of aliphatic imine (C=N–C) groups is 1. The van der Waals surface area contributed by atoms with Crippen LogP contribution in [0.3, 0.4) is 0 Å². The van der Waals surface area contributed by atoms with Crippen molar-refractivity contribution in [3.05, 3.63) is 41.5 Å². The van der Waals surface area contributed by atoms with Crippen LogP contribution in [0.5, 0.6) is 5.75 Å². The lowest BCUT2D eigenvalue weighted by Crippen LogP contribution is -2.43. The molecule has 1 aromatic carbocycles. The lowest BCUT2D eigenvalue weighted by Gasteiger charge is -2.18. The van der Waals surface area contributed by atoms with Crippen LogP contribution >= 0.6 is 0 Å². The van der Waals surface area contributed by atoms with Crippen LogP contribution < -0.4 is 15.4 Å². The molecule has 0 radical (unpaired) electrons. The van der Waals surface area contributed by atoms with Gasteiger partial charge in [-0.05, 0) is 42.4 Å². The number of guanidine groups is 1. The maximum Gasteiger partial charge on any atom is 0.233 e. The van der Waals surface area contributed by atoms with Crippen LogP contribution in [-0.4, -0.2) is 49.9 Å². The molecule has 2 N–H and O–H groups in total. The normalized spacial score (nSPS) is 27.6. The quantitative estimate of drug-likeness (QED) is 0.329. The summed E-state index contributed by atoms with van der Waals surface area (Å²) in [6, 6.07) is 6.06. The van der Waals surface area contributed by atoms with Crippen molar-refractivity contribution in [3.8, 4) is 5.75 Å². The molecule has 0 aromatic heterocycles. The third-order valence-electron chi connectivity index (χ3n) is 6.35. The molecule has 1 saturated heterocycles. The zero-order chi connectivity index (χ0) is 20.5. The minimum Gasteiger partial charge on any atom is -0.496 e. The first-order valence-corrected chi connectivity index (χ1v) is 10.1. The van der Waals surface area contributed by atoms with E-state index in [1.807, 2.05) is 25.1 Å². The molecule has 29 heavy (non-hydrogen) atoms. The molecular formula is C22H28N4O3. The number of aryl methyl sites for hydroxylation is 1. The fourth-order valence-corrected chi connectivity index (χ4v) is 4.85. The molecule has 2 amide bonds. The lowest BCUT2D eigenvalue weighted by molar-refractivity contribution is -0.140. The molecule has 3 aliphatic rings. The molecule has 0 spiro atoms. The molecule has 7 heteroatoms. The minimum absolute atomic E-state index is 0.00616. The lowest BCUT2D eigenvalue weighted by atomic mass is 9.85. The summed E-state index contributed by atoms with van der Waals surface area (Å²) >= 11 is 0. The van der Waals surface area contributed by atoms with E-state index in [4.69, 9.17) is 4.74 Å². The van der Waals surface area contributed by atoms with Crippen molar-refractivity contribution in [1.29, 1.82) is 0 Å². The van der Waals surface area contributed by atoms with E-state index in [-0.39, 0.29) is 35.5 Å². The minimum atomic E-state index is -0.133. The second-order valence-corrected chi connectivity index (χ2v) is 7.98. The highest BCUT2D eigenvalue weighted by Crippen LogP contribution is 2.52. The Hall–Kier alpha value is -2.83. The molecule has 1 aliphatic heterocycles. The fourth-order valence-electron chi connectivity index (χ4n) is 4.85. The number of nitrogens with one attached hydrogen (secondary N) is 2. The number of methoxy groups -OCH3 is 1. The number of nitrogens with zero attached hydrogens (tertiary/aromatic N) is 2. The van der Waals surface area contributed by atoms with E-state index in [1.165, 1.54) is 4.90 Å². The van der Waals surface area contributed by atoms with Crippen LogP contribution in [0.15, 0.2) is 35.3 Å². The van der Waals surface area contributed by atoms with Gasteiger partial charge in [-0.15, -0.1) is 0 Å². The summed E-state index contributed by atoms with van der Waals surface area (Å²) in [5, 5.41) is 6.45. The summed E-state index contributed by atoms with van der Waals surface area (Å²) in [6.45, 7) is 3.43. The topological polar surface area (TPSA) is 83.0 Å². The van der Waals surface area contributed by atoms with Gasteiger partial charge in [-0.2, -0.15) is 0 Å². The zero-order valence-electron chi connectivity index (χ0n) is 17.1. The molecule has 7 nitrogen and oxygen atoms in total. The monoisotopic (exact) mass is 396 g/mol. The number of carbonyl (C=O) groups is 2. The Morgan fingerprint density at radius 3 is 2.48 bits per heavy atom. The average Bonchev–Trinajstić information content (AvgIpc) is 3.41. The van der Waals surface area contributed by atoms with E-state index in [1.54, 1.807) is 14.2 Å². The Kier molecular flexibility index (Phi) is 5.30. The van der Waals surface area contributed by atoms with Gasteiger partial charge in [0.1, 0.15) is 5.75 Å². The molecule has 2 bridgehead atoms. The predicted octanol–water partition coefficient (Wildman–Crippen LogP) is 1.48. The van der Waals surface area contributed by atoms with E-state index in [9.17, 15) is 9.59 Å². The highest BCUT2D eigenvalue weighted by molar-refractivity contribution is 6.06. The number of hydrogen-bond donors (Lipinski definition) is 2. The van der Waals surface area contributed by atoms with Crippen molar-refractivity contribution >= 4 is 17.8 Å². The van der Waals surface area contributed by atoms with Crippen LogP contribution in [-0.2, 0) is 16.1 Å². The number of benzene rings is 1. The molecule has 2 aliphatic carbocycles. The van der Waals surface area contributed by atoms with Crippen molar-refractivity contribution in [2.75, 3.05) is 27.2 Å². The second kappa shape index (κ2) is 7.89. The summed E-state index contributed by atoms with van der Waals surface area (Å²) in [5.74, 6) is 1.71. The number of rotatable bonds is 6. The van der Waals surface area contributed by atoms with E-state index < -0.39 is 0 Å². The molecule has 2 fully saturated rings. The fraction of sp³-hybridized carbons (Fsp3) is 0.500. The van der Waals surface area contributed by atoms with Gasteiger partial charge in [0.05, 0.1) is 18.9 Å². The standard InChI is InChI=1S/C22H28N4O3/c1-13-4-5-14(10-17(13)29-3)12-25-22(23-2)24-8-9-26-20(27)18-15-6-7-16(11-15)19(18)21(26)28/h4-7,10,15-16,18-19H,8-9,11-12H2,1-3H3,(H2,23,24,25). The van der Waals surface area contributed by atoms with Gasteiger partial charge in [-0.1, -0.05) is 24.3 Å². The highest BCUT2D eigenvalue weighted by Gasteiger charge is 2.58. The van der Waals surface area contributed by atoms with Gasteiger partial charge in [0.2, 0.25) is 11.8 Å². The first kappa shape index (κ1) is 19.5. The summed E-state index contributed by atoms with van der Waals surface area (Å²) in [6.07, 6.45) is 5.19.